The predicted molar refractivity (Wildman–Crippen MR) is 201 cm³/mol. The molecule has 0 spiro atoms. The molecule has 0 bridgehead atoms. The number of nitro groups is 1. The molecular weight excluding hydrogens is 702 g/mol. The van der Waals surface area contributed by atoms with E-state index in [1.54, 1.807) is 72.1 Å². The highest BCUT2D eigenvalue weighted by Gasteiger charge is 2.24. The molecule has 3 N–H and O–H groups in total. The van der Waals surface area contributed by atoms with Gasteiger partial charge in [-0.1, -0.05) is 72.8 Å². The summed E-state index contributed by atoms with van der Waals surface area (Å²) in [4.78, 5) is 56.0. The Kier molecular flexibility index (Phi) is 11.2. The molecule has 0 aliphatic rings. The van der Waals surface area contributed by atoms with Crippen molar-refractivity contribution in [1.29, 1.82) is 0 Å². The van der Waals surface area contributed by atoms with Gasteiger partial charge in [0.05, 0.1) is 10.6 Å². The van der Waals surface area contributed by atoms with Gasteiger partial charge in [-0.05, 0) is 65.7 Å². The summed E-state index contributed by atoms with van der Waals surface area (Å²) in [6, 6.07) is 36.2. The van der Waals surface area contributed by atoms with Crippen LogP contribution in [-0.4, -0.2) is 27.6 Å². The van der Waals surface area contributed by atoms with Crippen molar-refractivity contribution in [3.05, 3.63) is 177 Å². The van der Waals surface area contributed by atoms with Crippen LogP contribution in [0.2, 0.25) is 0 Å². The zero-order valence-electron chi connectivity index (χ0n) is 27.1. The van der Waals surface area contributed by atoms with E-state index in [4.69, 9.17) is 0 Å². The SMILES string of the molecule is O=C(Nc1ccc(SC(C(=O)Nc2nc(-c3cccc([N+](=O)[O-])c3)cs2)c2ccccc2)cc1)/C(=C/c1ccc(F)cc1)NC(=O)c1ccccc1. The van der Waals surface area contributed by atoms with Crippen molar-refractivity contribution < 1.29 is 23.7 Å². The predicted octanol–water partition coefficient (Wildman–Crippen LogP) is 8.74. The number of carbonyl (C=O) groups excluding carboxylic acids is 3. The van der Waals surface area contributed by atoms with Crippen LogP contribution in [0.1, 0.15) is 26.7 Å². The maximum Gasteiger partial charge on any atom is 0.272 e. The van der Waals surface area contributed by atoms with E-state index in [1.807, 2.05) is 30.3 Å². The monoisotopic (exact) mass is 729 g/mol. The smallest absolute Gasteiger partial charge is 0.272 e. The number of amides is 3. The molecule has 0 radical (unpaired) electrons. The van der Waals surface area contributed by atoms with Gasteiger partial charge in [-0.25, -0.2) is 9.37 Å². The number of nitro benzene ring substituents is 1. The molecule has 6 aromatic rings. The van der Waals surface area contributed by atoms with Gasteiger partial charge in [-0.15, -0.1) is 23.1 Å². The molecule has 258 valence electrons. The van der Waals surface area contributed by atoms with Crippen molar-refractivity contribution in [3.63, 3.8) is 0 Å². The van der Waals surface area contributed by atoms with Gasteiger partial charge in [0.25, 0.3) is 17.5 Å². The average molecular weight is 730 g/mol. The van der Waals surface area contributed by atoms with E-state index in [0.29, 0.717) is 33.2 Å². The van der Waals surface area contributed by atoms with E-state index in [0.717, 1.165) is 10.5 Å². The molecular formula is C39H28FN5O5S2. The topological polar surface area (TPSA) is 143 Å². The number of anilines is 2. The molecule has 0 fully saturated rings. The van der Waals surface area contributed by atoms with Crippen LogP contribution in [0.15, 0.2) is 149 Å². The second kappa shape index (κ2) is 16.5. The van der Waals surface area contributed by atoms with Crippen molar-refractivity contribution in [1.82, 2.24) is 10.3 Å². The minimum atomic E-state index is -0.676. The van der Waals surface area contributed by atoms with E-state index in [-0.39, 0.29) is 17.3 Å². The second-order valence-corrected chi connectivity index (χ2v) is 13.2. The Morgan fingerprint density at radius 3 is 2.21 bits per heavy atom. The van der Waals surface area contributed by atoms with Crippen molar-refractivity contribution in [2.45, 2.75) is 10.1 Å². The first-order valence-corrected chi connectivity index (χ1v) is 17.5. The molecule has 0 aliphatic heterocycles. The third kappa shape index (κ3) is 9.21. The van der Waals surface area contributed by atoms with Gasteiger partial charge in [0.15, 0.2) is 5.13 Å². The molecule has 1 atom stereocenters. The molecule has 6 rings (SSSR count). The fourth-order valence-electron chi connectivity index (χ4n) is 4.93. The van der Waals surface area contributed by atoms with Crippen LogP contribution in [-0.2, 0) is 9.59 Å². The van der Waals surface area contributed by atoms with Crippen LogP contribution in [0.3, 0.4) is 0 Å². The van der Waals surface area contributed by atoms with Gasteiger partial charge in [-0.2, -0.15) is 0 Å². The van der Waals surface area contributed by atoms with Crippen LogP contribution in [0.25, 0.3) is 17.3 Å². The first-order valence-electron chi connectivity index (χ1n) is 15.7. The van der Waals surface area contributed by atoms with Crippen LogP contribution in [0.4, 0.5) is 20.9 Å². The standard InChI is InChI=1S/C39H28FN5O5S2/c40-29-16-14-25(15-17-29)22-33(42-36(46)27-10-5-2-6-11-27)37(47)41-30-18-20-32(21-19-30)52-35(26-8-3-1-4-9-26)38(48)44-39-43-34(24-51-39)28-12-7-13-31(23-28)45(49)50/h1-24,35H,(H,41,47)(H,42,46)(H,43,44,48)/b33-22-. The number of rotatable bonds is 12. The summed E-state index contributed by atoms with van der Waals surface area (Å²) < 4.78 is 13.5. The Balaban J connectivity index is 1.17. The lowest BCUT2D eigenvalue weighted by atomic mass is 10.1. The summed E-state index contributed by atoms with van der Waals surface area (Å²) in [7, 11) is 0. The van der Waals surface area contributed by atoms with Crippen molar-refractivity contribution >= 4 is 63.4 Å². The number of non-ortho nitro benzene ring substituents is 1. The fraction of sp³-hybridized carbons (Fsp3) is 0.0256. The number of hydrogen-bond donors (Lipinski definition) is 3. The summed E-state index contributed by atoms with van der Waals surface area (Å²) in [6.07, 6.45) is 1.46. The number of carbonyl (C=O) groups is 3. The Bertz CT molecular complexity index is 2250. The van der Waals surface area contributed by atoms with E-state index >= 15 is 0 Å². The molecule has 0 saturated heterocycles. The Morgan fingerprint density at radius 1 is 0.827 bits per heavy atom. The zero-order valence-corrected chi connectivity index (χ0v) is 28.7. The minimum absolute atomic E-state index is 0.0458. The molecule has 0 aliphatic carbocycles. The molecule has 1 unspecified atom stereocenters. The van der Waals surface area contributed by atoms with Crippen molar-refractivity contribution in [2.75, 3.05) is 10.6 Å². The molecule has 13 heteroatoms. The molecule has 52 heavy (non-hydrogen) atoms. The first-order chi connectivity index (χ1) is 25.2. The van der Waals surface area contributed by atoms with Gasteiger partial charge in [-0.3, -0.25) is 24.5 Å². The van der Waals surface area contributed by atoms with Crippen molar-refractivity contribution in [3.8, 4) is 11.3 Å². The highest BCUT2D eigenvalue weighted by Crippen LogP contribution is 2.37. The number of aromatic nitrogens is 1. The number of nitrogens with one attached hydrogen (secondary N) is 3. The van der Waals surface area contributed by atoms with Gasteiger partial charge in [0.2, 0.25) is 5.91 Å². The van der Waals surface area contributed by atoms with E-state index < -0.39 is 27.8 Å². The third-order valence-corrected chi connectivity index (χ3v) is 9.53. The maximum absolute atomic E-state index is 13.7. The normalized spacial score (nSPS) is 11.7. The van der Waals surface area contributed by atoms with Crippen LogP contribution in [0.5, 0.6) is 0 Å². The summed E-state index contributed by atoms with van der Waals surface area (Å²) >= 11 is 2.51. The minimum Gasteiger partial charge on any atom is -0.321 e. The number of nitrogens with zero attached hydrogens (tertiary/aromatic N) is 2. The van der Waals surface area contributed by atoms with Gasteiger partial charge < -0.3 is 16.0 Å². The van der Waals surface area contributed by atoms with Gasteiger partial charge in [0, 0.05) is 39.2 Å². The van der Waals surface area contributed by atoms with Gasteiger partial charge >= 0.3 is 0 Å². The number of halogens is 1. The van der Waals surface area contributed by atoms with Crippen LogP contribution < -0.4 is 16.0 Å². The number of thiazole rings is 1. The van der Waals surface area contributed by atoms with Crippen molar-refractivity contribution in [2.24, 2.45) is 0 Å². The van der Waals surface area contributed by atoms with Crippen LogP contribution >= 0.6 is 23.1 Å². The van der Waals surface area contributed by atoms with Crippen LogP contribution in [0, 0.1) is 15.9 Å². The first kappa shape index (κ1) is 35.4. The molecule has 1 aromatic heterocycles. The van der Waals surface area contributed by atoms with Gasteiger partial charge in [0.1, 0.15) is 16.8 Å². The third-order valence-electron chi connectivity index (χ3n) is 7.50. The lowest BCUT2D eigenvalue weighted by Crippen LogP contribution is -2.30. The summed E-state index contributed by atoms with van der Waals surface area (Å²) in [5.41, 5.74) is 3.01. The fourth-order valence-corrected chi connectivity index (χ4v) is 6.68. The highest BCUT2D eigenvalue weighted by atomic mass is 32.2. The summed E-state index contributed by atoms with van der Waals surface area (Å²) in [5.74, 6) is -1.84. The summed E-state index contributed by atoms with van der Waals surface area (Å²) in [6.45, 7) is 0. The largest absolute Gasteiger partial charge is 0.321 e. The molecule has 10 nitrogen and oxygen atoms in total. The molecule has 3 amide bonds. The lowest BCUT2D eigenvalue weighted by Gasteiger charge is -2.17. The van der Waals surface area contributed by atoms with E-state index in [1.165, 1.54) is 65.6 Å². The molecule has 0 saturated carbocycles. The maximum atomic E-state index is 13.7. The Labute approximate surface area is 305 Å². The Morgan fingerprint density at radius 2 is 1.52 bits per heavy atom. The quantitative estimate of drug-likeness (QED) is 0.0495. The lowest BCUT2D eigenvalue weighted by molar-refractivity contribution is -0.384. The Hall–Kier alpha value is -6.44. The van der Waals surface area contributed by atoms with E-state index in [9.17, 15) is 28.9 Å². The number of hydrogen-bond acceptors (Lipinski definition) is 8. The highest BCUT2D eigenvalue weighted by molar-refractivity contribution is 8.00. The zero-order chi connectivity index (χ0) is 36.5. The molecule has 1 heterocycles. The second-order valence-electron chi connectivity index (χ2n) is 11.2. The number of thioether (sulfide) groups is 1. The summed E-state index contributed by atoms with van der Waals surface area (Å²) in [5, 5.41) is 20.9. The average Bonchev–Trinajstić information content (AvgIpc) is 3.64. The molecule has 5 aromatic carbocycles. The van der Waals surface area contributed by atoms with E-state index in [2.05, 4.69) is 20.9 Å². The number of benzene rings is 5.